The normalized spacial score (nSPS) is 14.4. The highest BCUT2D eigenvalue weighted by Gasteiger charge is 2.28. The van der Waals surface area contributed by atoms with Crippen LogP contribution in [0.25, 0.3) is 0 Å². The molecule has 106 valence electrons. The van der Waals surface area contributed by atoms with Crippen LogP contribution in [0.3, 0.4) is 0 Å². The third-order valence-electron chi connectivity index (χ3n) is 3.03. The third-order valence-corrected chi connectivity index (χ3v) is 3.03. The average Bonchev–Trinajstić information content (AvgIpc) is 3.24. The summed E-state index contributed by atoms with van der Waals surface area (Å²) in [6.07, 6.45) is 3.21. The van der Waals surface area contributed by atoms with Gasteiger partial charge in [-0.05, 0) is 26.2 Å². The molecule has 1 aromatic rings. The Morgan fingerprint density at radius 2 is 2.16 bits per heavy atom. The molecule has 3 N–H and O–H groups in total. The van der Waals surface area contributed by atoms with E-state index in [2.05, 4.69) is 15.3 Å². The molecule has 1 aliphatic rings. The SMILES string of the molecule is CCOCCCNc1nc(C2CC2)nc(OC)c1N. The van der Waals surface area contributed by atoms with Crippen molar-refractivity contribution in [3.8, 4) is 5.88 Å². The Morgan fingerprint density at radius 3 is 2.79 bits per heavy atom. The lowest BCUT2D eigenvalue weighted by atomic mass is 10.3. The molecule has 1 aromatic heterocycles. The summed E-state index contributed by atoms with van der Waals surface area (Å²) in [7, 11) is 1.58. The van der Waals surface area contributed by atoms with Gasteiger partial charge < -0.3 is 20.5 Å². The van der Waals surface area contributed by atoms with Crippen LogP contribution in [0, 0.1) is 0 Å². The number of nitrogen functional groups attached to an aromatic ring is 1. The van der Waals surface area contributed by atoms with E-state index in [1.807, 2.05) is 6.92 Å². The van der Waals surface area contributed by atoms with Crippen molar-refractivity contribution < 1.29 is 9.47 Å². The Balaban J connectivity index is 1.99. The maximum absolute atomic E-state index is 5.98. The van der Waals surface area contributed by atoms with E-state index >= 15 is 0 Å². The number of nitrogens with zero attached hydrogens (tertiary/aromatic N) is 2. The van der Waals surface area contributed by atoms with Crippen LogP contribution in [-0.4, -0.2) is 36.8 Å². The van der Waals surface area contributed by atoms with Gasteiger partial charge in [0.15, 0.2) is 5.82 Å². The van der Waals surface area contributed by atoms with Gasteiger partial charge in [0, 0.05) is 25.7 Å². The summed E-state index contributed by atoms with van der Waals surface area (Å²) in [6, 6.07) is 0. The van der Waals surface area contributed by atoms with Crippen molar-refractivity contribution in [3.05, 3.63) is 5.82 Å². The predicted molar refractivity (Wildman–Crippen MR) is 74.6 cm³/mol. The number of ether oxygens (including phenoxy) is 2. The van der Waals surface area contributed by atoms with Crippen molar-refractivity contribution in [1.29, 1.82) is 0 Å². The van der Waals surface area contributed by atoms with Crippen LogP contribution in [-0.2, 0) is 4.74 Å². The maximum Gasteiger partial charge on any atom is 0.242 e. The number of hydrogen-bond acceptors (Lipinski definition) is 6. The van der Waals surface area contributed by atoms with Gasteiger partial charge in [-0.15, -0.1) is 0 Å². The Hall–Kier alpha value is -1.56. The summed E-state index contributed by atoms with van der Waals surface area (Å²) in [4.78, 5) is 8.84. The van der Waals surface area contributed by atoms with Crippen LogP contribution in [0.5, 0.6) is 5.88 Å². The monoisotopic (exact) mass is 266 g/mol. The molecule has 1 aliphatic carbocycles. The smallest absolute Gasteiger partial charge is 0.242 e. The number of nitrogens with two attached hydrogens (primary N) is 1. The number of methoxy groups -OCH3 is 1. The summed E-state index contributed by atoms with van der Waals surface area (Å²) in [5.74, 6) is 2.44. The van der Waals surface area contributed by atoms with Gasteiger partial charge in [0.25, 0.3) is 0 Å². The van der Waals surface area contributed by atoms with Gasteiger partial charge in [-0.1, -0.05) is 0 Å². The average molecular weight is 266 g/mol. The number of aromatic nitrogens is 2. The molecular formula is C13H22N4O2. The van der Waals surface area contributed by atoms with Crippen molar-refractivity contribution in [3.63, 3.8) is 0 Å². The third kappa shape index (κ3) is 3.70. The number of anilines is 2. The quantitative estimate of drug-likeness (QED) is 0.698. The van der Waals surface area contributed by atoms with E-state index in [0.717, 1.165) is 44.8 Å². The van der Waals surface area contributed by atoms with Crippen molar-refractivity contribution in [1.82, 2.24) is 9.97 Å². The molecule has 0 radical (unpaired) electrons. The molecule has 1 heterocycles. The van der Waals surface area contributed by atoms with Crippen LogP contribution in [0.2, 0.25) is 0 Å². The molecule has 1 fully saturated rings. The molecule has 0 amide bonds. The first kappa shape index (κ1) is 13.9. The van der Waals surface area contributed by atoms with Gasteiger partial charge in [0.2, 0.25) is 5.88 Å². The Bertz CT molecular complexity index is 421. The van der Waals surface area contributed by atoms with Gasteiger partial charge >= 0.3 is 0 Å². The number of nitrogens with one attached hydrogen (secondary N) is 1. The summed E-state index contributed by atoms with van der Waals surface area (Å²) < 4.78 is 10.5. The summed E-state index contributed by atoms with van der Waals surface area (Å²) in [6.45, 7) is 4.24. The fourth-order valence-corrected chi connectivity index (χ4v) is 1.81. The predicted octanol–water partition coefficient (Wildman–Crippen LogP) is 1.78. The zero-order valence-corrected chi connectivity index (χ0v) is 11.6. The summed E-state index contributed by atoms with van der Waals surface area (Å²) in [5.41, 5.74) is 6.46. The minimum absolute atomic E-state index is 0.462. The Morgan fingerprint density at radius 1 is 1.37 bits per heavy atom. The molecule has 1 saturated carbocycles. The van der Waals surface area contributed by atoms with E-state index in [1.165, 1.54) is 0 Å². The van der Waals surface area contributed by atoms with Gasteiger partial charge in [0.05, 0.1) is 7.11 Å². The second-order valence-corrected chi connectivity index (χ2v) is 4.60. The first-order valence-corrected chi connectivity index (χ1v) is 6.79. The maximum atomic E-state index is 5.98. The number of hydrogen-bond donors (Lipinski definition) is 2. The van der Waals surface area contributed by atoms with E-state index in [4.69, 9.17) is 15.2 Å². The van der Waals surface area contributed by atoms with Gasteiger partial charge in [-0.2, -0.15) is 4.98 Å². The molecule has 0 aliphatic heterocycles. The Labute approximate surface area is 113 Å². The minimum Gasteiger partial charge on any atom is -0.479 e. The molecule has 19 heavy (non-hydrogen) atoms. The highest BCUT2D eigenvalue weighted by atomic mass is 16.5. The topological polar surface area (TPSA) is 82.3 Å². The molecule has 0 bridgehead atoms. The molecule has 6 heteroatoms. The lowest BCUT2D eigenvalue weighted by Gasteiger charge is -2.12. The number of rotatable bonds is 8. The standard InChI is InChI=1S/C13H22N4O2/c1-3-19-8-4-7-15-12-10(14)13(18-2)17-11(16-12)9-5-6-9/h9H,3-8,14H2,1-2H3,(H,15,16,17). The zero-order valence-electron chi connectivity index (χ0n) is 11.6. The molecule has 2 rings (SSSR count). The molecular weight excluding hydrogens is 244 g/mol. The van der Waals surface area contributed by atoms with E-state index in [0.29, 0.717) is 23.3 Å². The van der Waals surface area contributed by atoms with E-state index in [9.17, 15) is 0 Å². The summed E-state index contributed by atoms with van der Waals surface area (Å²) >= 11 is 0. The van der Waals surface area contributed by atoms with E-state index in [1.54, 1.807) is 7.11 Å². The molecule has 0 atom stereocenters. The minimum atomic E-state index is 0.462. The van der Waals surface area contributed by atoms with E-state index in [-0.39, 0.29) is 0 Å². The van der Waals surface area contributed by atoms with Crippen LogP contribution >= 0.6 is 0 Å². The van der Waals surface area contributed by atoms with Crippen molar-refractivity contribution in [2.24, 2.45) is 0 Å². The van der Waals surface area contributed by atoms with Crippen molar-refractivity contribution in [2.75, 3.05) is 37.9 Å². The zero-order chi connectivity index (χ0) is 13.7. The lowest BCUT2D eigenvalue weighted by molar-refractivity contribution is 0.147. The van der Waals surface area contributed by atoms with Crippen LogP contribution in [0.15, 0.2) is 0 Å². The molecule has 0 unspecified atom stereocenters. The van der Waals surface area contributed by atoms with Crippen LogP contribution < -0.4 is 15.8 Å². The second kappa shape index (κ2) is 6.56. The van der Waals surface area contributed by atoms with Gasteiger partial charge in [-0.25, -0.2) is 4.98 Å². The van der Waals surface area contributed by atoms with Crippen LogP contribution in [0.4, 0.5) is 11.5 Å². The molecule has 0 spiro atoms. The van der Waals surface area contributed by atoms with E-state index < -0.39 is 0 Å². The molecule has 0 saturated heterocycles. The fourth-order valence-electron chi connectivity index (χ4n) is 1.81. The fraction of sp³-hybridized carbons (Fsp3) is 0.692. The highest BCUT2D eigenvalue weighted by Crippen LogP contribution is 2.40. The van der Waals surface area contributed by atoms with Gasteiger partial charge in [-0.3, -0.25) is 0 Å². The van der Waals surface area contributed by atoms with Gasteiger partial charge in [0.1, 0.15) is 11.5 Å². The first-order valence-electron chi connectivity index (χ1n) is 6.79. The van der Waals surface area contributed by atoms with Crippen LogP contribution in [0.1, 0.15) is 37.9 Å². The molecule has 0 aromatic carbocycles. The Kier molecular flexibility index (Phi) is 4.79. The summed E-state index contributed by atoms with van der Waals surface area (Å²) in [5, 5.41) is 3.23. The second-order valence-electron chi connectivity index (χ2n) is 4.60. The van der Waals surface area contributed by atoms with Crippen molar-refractivity contribution in [2.45, 2.75) is 32.1 Å². The molecule has 6 nitrogen and oxygen atoms in total. The highest BCUT2D eigenvalue weighted by molar-refractivity contribution is 5.67. The first-order chi connectivity index (χ1) is 9.26. The largest absolute Gasteiger partial charge is 0.479 e. The van der Waals surface area contributed by atoms with Crippen molar-refractivity contribution >= 4 is 11.5 Å². The lowest BCUT2D eigenvalue weighted by Crippen LogP contribution is -2.12.